The van der Waals surface area contributed by atoms with Crippen LogP contribution in [0.15, 0.2) is 71.9 Å². The molecule has 1 unspecified atom stereocenters. The van der Waals surface area contributed by atoms with Crippen LogP contribution in [0.4, 0.5) is 16.2 Å². The minimum Gasteiger partial charge on any atom is -0.472 e. The summed E-state index contributed by atoms with van der Waals surface area (Å²) < 4.78 is 7.49. The number of nitro benzene ring substituents is 1. The van der Waals surface area contributed by atoms with Crippen LogP contribution in [0.25, 0.3) is 5.69 Å². The average Bonchev–Trinajstić information content (AvgIpc) is 3.48. The quantitative estimate of drug-likeness (QED) is 0.0836. The lowest BCUT2D eigenvalue weighted by molar-refractivity contribution is -0.385. The van der Waals surface area contributed by atoms with Crippen molar-refractivity contribution in [3.63, 3.8) is 0 Å². The molecule has 0 saturated heterocycles. The number of Topliss-reactive ketones (excluding diaryl/α,β-unsaturated/α-hetero) is 1. The summed E-state index contributed by atoms with van der Waals surface area (Å²) in [6.45, 7) is 8.56. The predicted molar refractivity (Wildman–Crippen MR) is 173 cm³/mol. The molecule has 15 heteroatoms. The first-order valence-electron chi connectivity index (χ1n) is 14.1. The van der Waals surface area contributed by atoms with E-state index in [1.54, 1.807) is 58.0 Å². The number of anilines is 1. The second-order valence-electron chi connectivity index (χ2n) is 11.2. The van der Waals surface area contributed by atoms with Crippen LogP contribution >= 0.6 is 23.4 Å². The normalized spacial score (nSPS) is 11.9. The first kappa shape index (κ1) is 34.1. The van der Waals surface area contributed by atoms with Crippen molar-refractivity contribution >= 4 is 51.7 Å². The SMILES string of the molecule is CCN(Cc1cc([N+](=O)[O-])ccc1OC(C(=O)Nc1cc(C)ccc1Cl)C(=O)C(C)(C)C)C(=O)Sc1nnnn1-c1ccccc1. The molecule has 4 rings (SSSR count). The van der Waals surface area contributed by atoms with Crippen LogP contribution in [0.5, 0.6) is 5.75 Å². The maximum Gasteiger partial charge on any atom is 0.289 e. The Morgan fingerprint density at radius 3 is 2.48 bits per heavy atom. The molecule has 4 aromatic rings. The third-order valence-corrected chi connectivity index (χ3v) is 7.92. The number of hydrogen-bond donors (Lipinski definition) is 1. The van der Waals surface area contributed by atoms with Gasteiger partial charge < -0.3 is 15.0 Å². The molecule has 0 saturated carbocycles. The minimum atomic E-state index is -1.65. The highest BCUT2D eigenvalue weighted by Gasteiger charge is 2.37. The summed E-state index contributed by atoms with van der Waals surface area (Å²) in [5.74, 6) is -1.29. The van der Waals surface area contributed by atoms with Crippen LogP contribution in [0.3, 0.4) is 0 Å². The Kier molecular flexibility index (Phi) is 10.7. The number of rotatable bonds is 11. The maximum absolute atomic E-state index is 13.6. The highest BCUT2D eigenvalue weighted by molar-refractivity contribution is 8.13. The van der Waals surface area contributed by atoms with Gasteiger partial charge in [-0.05, 0) is 60.2 Å². The number of nitro groups is 1. The Morgan fingerprint density at radius 1 is 1.11 bits per heavy atom. The molecule has 1 atom stereocenters. The molecule has 46 heavy (non-hydrogen) atoms. The molecule has 0 aliphatic rings. The van der Waals surface area contributed by atoms with E-state index in [4.69, 9.17) is 16.3 Å². The second kappa shape index (κ2) is 14.5. The van der Waals surface area contributed by atoms with Gasteiger partial charge in [-0.1, -0.05) is 56.6 Å². The van der Waals surface area contributed by atoms with Crippen molar-refractivity contribution in [2.24, 2.45) is 5.41 Å². The molecule has 240 valence electrons. The summed E-state index contributed by atoms with van der Waals surface area (Å²) >= 11 is 7.07. The van der Waals surface area contributed by atoms with Crippen LogP contribution in [0, 0.1) is 22.5 Å². The van der Waals surface area contributed by atoms with E-state index in [-0.39, 0.29) is 40.3 Å². The van der Waals surface area contributed by atoms with Crippen molar-refractivity contribution in [1.29, 1.82) is 0 Å². The van der Waals surface area contributed by atoms with Crippen LogP contribution in [-0.4, -0.2) is 59.6 Å². The molecule has 13 nitrogen and oxygen atoms in total. The van der Waals surface area contributed by atoms with E-state index in [1.807, 2.05) is 25.1 Å². The number of carbonyl (C=O) groups excluding carboxylic acids is 3. The van der Waals surface area contributed by atoms with E-state index in [0.29, 0.717) is 11.4 Å². The first-order valence-corrected chi connectivity index (χ1v) is 15.3. The van der Waals surface area contributed by atoms with Gasteiger partial charge in [-0.15, -0.1) is 5.10 Å². The number of hydrogen-bond acceptors (Lipinski definition) is 10. The van der Waals surface area contributed by atoms with Gasteiger partial charge in [0.1, 0.15) is 5.75 Å². The van der Waals surface area contributed by atoms with Crippen molar-refractivity contribution in [2.45, 2.75) is 52.4 Å². The number of ketones is 1. The number of para-hydroxylation sites is 1. The second-order valence-corrected chi connectivity index (χ2v) is 12.6. The number of nitrogens with zero attached hydrogens (tertiary/aromatic N) is 6. The van der Waals surface area contributed by atoms with Gasteiger partial charge in [0.25, 0.3) is 16.8 Å². The number of non-ortho nitro benzene ring substituents is 1. The van der Waals surface area contributed by atoms with Gasteiger partial charge in [0.15, 0.2) is 5.78 Å². The number of amides is 2. The lowest BCUT2D eigenvalue weighted by atomic mass is 9.87. The third kappa shape index (κ3) is 8.25. The van der Waals surface area contributed by atoms with Gasteiger partial charge in [-0.25, -0.2) is 0 Å². The summed E-state index contributed by atoms with van der Waals surface area (Å²) in [7, 11) is 0. The molecular weight excluding hydrogens is 634 g/mol. The van der Waals surface area contributed by atoms with E-state index in [9.17, 15) is 24.5 Å². The standard InChI is InChI=1S/C31H32ClN7O6S/c1-6-37(30(42)46-29-34-35-36-38(29)21-10-8-7-9-11-21)18-20-17-22(39(43)44)13-15-25(20)45-26(27(40)31(3,4)5)28(41)33-24-16-19(2)12-14-23(24)32/h7-17,26H,6,18H2,1-5H3,(H,33,41). The fourth-order valence-corrected chi connectivity index (χ4v) is 5.17. The van der Waals surface area contributed by atoms with E-state index < -0.39 is 33.4 Å². The van der Waals surface area contributed by atoms with Gasteiger partial charge in [-0.3, -0.25) is 24.5 Å². The highest BCUT2D eigenvalue weighted by atomic mass is 35.5. The van der Waals surface area contributed by atoms with Gasteiger partial charge in [-0.2, -0.15) is 4.68 Å². The predicted octanol–water partition coefficient (Wildman–Crippen LogP) is 6.27. The van der Waals surface area contributed by atoms with Gasteiger partial charge in [0, 0.05) is 41.4 Å². The molecule has 0 bridgehead atoms. The number of benzene rings is 3. The molecule has 0 aliphatic heterocycles. The van der Waals surface area contributed by atoms with Crippen LogP contribution in [0.1, 0.15) is 38.8 Å². The monoisotopic (exact) mass is 665 g/mol. The number of halogens is 1. The third-order valence-electron chi connectivity index (χ3n) is 6.72. The maximum atomic E-state index is 13.6. The number of aryl methyl sites for hydroxylation is 1. The van der Waals surface area contributed by atoms with E-state index in [1.165, 1.54) is 27.8 Å². The highest BCUT2D eigenvalue weighted by Crippen LogP contribution is 2.31. The zero-order valence-corrected chi connectivity index (χ0v) is 27.3. The Hall–Kier alpha value is -4.82. The lowest BCUT2D eigenvalue weighted by Crippen LogP contribution is -2.45. The molecule has 0 aliphatic carbocycles. The van der Waals surface area contributed by atoms with E-state index in [0.717, 1.165) is 17.3 Å². The van der Waals surface area contributed by atoms with Crippen molar-refractivity contribution in [1.82, 2.24) is 25.1 Å². The largest absolute Gasteiger partial charge is 0.472 e. The van der Waals surface area contributed by atoms with Crippen molar-refractivity contribution in [2.75, 3.05) is 11.9 Å². The number of nitrogens with one attached hydrogen (secondary N) is 1. The molecule has 3 aromatic carbocycles. The lowest BCUT2D eigenvalue weighted by Gasteiger charge is -2.27. The number of carbonyl (C=O) groups is 3. The fraction of sp³-hybridized carbons (Fsp3) is 0.290. The summed E-state index contributed by atoms with van der Waals surface area (Å²) in [5.41, 5.74) is 0.729. The van der Waals surface area contributed by atoms with Crippen molar-refractivity contribution < 1.29 is 24.0 Å². The molecule has 0 radical (unpaired) electrons. The molecule has 0 fully saturated rings. The first-order chi connectivity index (χ1) is 21.8. The minimum absolute atomic E-state index is 0.0176. The van der Waals surface area contributed by atoms with Gasteiger partial charge >= 0.3 is 0 Å². The zero-order chi connectivity index (χ0) is 33.6. The molecule has 1 aromatic heterocycles. The van der Waals surface area contributed by atoms with Crippen molar-refractivity contribution in [3.8, 4) is 11.4 Å². The molecule has 1 N–H and O–H groups in total. The Labute approximate surface area is 274 Å². The van der Waals surface area contributed by atoms with E-state index in [2.05, 4.69) is 20.8 Å². The number of ether oxygens (including phenoxy) is 1. The van der Waals surface area contributed by atoms with Gasteiger partial charge in [0.05, 0.1) is 27.9 Å². The molecule has 2 amide bonds. The number of aromatic nitrogens is 4. The van der Waals surface area contributed by atoms with Crippen LogP contribution in [0.2, 0.25) is 5.02 Å². The smallest absolute Gasteiger partial charge is 0.289 e. The van der Waals surface area contributed by atoms with Crippen LogP contribution < -0.4 is 10.1 Å². The Morgan fingerprint density at radius 2 is 1.83 bits per heavy atom. The Bertz CT molecular complexity index is 1760. The van der Waals surface area contributed by atoms with Crippen LogP contribution in [-0.2, 0) is 16.1 Å². The topological polar surface area (TPSA) is 162 Å². The molecule has 0 spiro atoms. The Balaban J connectivity index is 1.65. The van der Waals surface area contributed by atoms with Crippen molar-refractivity contribution in [3.05, 3.63) is 93.0 Å². The summed E-state index contributed by atoms with van der Waals surface area (Å²) in [5, 5.41) is 26.0. The average molecular weight is 666 g/mol. The number of tetrazole rings is 1. The fourth-order valence-electron chi connectivity index (χ4n) is 4.23. The summed E-state index contributed by atoms with van der Waals surface area (Å²) in [6.07, 6.45) is -1.65. The number of thioether (sulfide) groups is 1. The van der Waals surface area contributed by atoms with Gasteiger partial charge in [0.2, 0.25) is 11.3 Å². The van der Waals surface area contributed by atoms with E-state index >= 15 is 0 Å². The molecular formula is C31H32ClN7O6S. The summed E-state index contributed by atoms with van der Waals surface area (Å²) in [6, 6.07) is 17.8. The zero-order valence-electron chi connectivity index (χ0n) is 25.8. The molecule has 1 heterocycles. The summed E-state index contributed by atoms with van der Waals surface area (Å²) in [4.78, 5) is 53.1.